The second-order valence-corrected chi connectivity index (χ2v) is 4.64. The van der Waals surface area contributed by atoms with Gasteiger partial charge in [0.2, 0.25) is 0 Å². The highest BCUT2D eigenvalue weighted by atomic mass is 16.1. The van der Waals surface area contributed by atoms with Gasteiger partial charge in [-0.2, -0.15) is 10.4 Å². The first kappa shape index (κ1) is 14.0. The molecular weight excluding hydrogens is 250 g/mol. The number of nitriles is 1. The van der Waals surface area contributed by atoms with Crippen LogP contribution in [-0.2, 0) is 13.0 Å². The van der Waals surface area contributed by atoms with E-state index < -0.39 is 0 Å². The van der Waals surface area contributed by atoms with Gasteiger partial charge in [0.05, 0.1) is 18.2 Å². The lowest BCUT2D eigenvalue weighted by Crippen LogP contribution is -2.26. The number of unbranched alkanes of at least 4 members (excludes halogenated alkanes) is 1. The molecule has 102 valence electrons. The van der Waals surface area contributed by atoms with Gasteiger partial charge in [-0.15, -0.1) is 0 Å². The minimum absolute atomic E-state index is 0.118. The highest BCUT2D eigenvalue weighted by molar-refractivity contribution is 5.58. The number of aryl methyl sites for hydroxylation is 1. The third-order valence-electron chi connectivity index (χ3n) is 3.11. The third kappa shape index (κ3) is 3.12. The fourth-order valence-electron chi connectivity index (χ4n) is 2.02. The maximum atomic E-state index is 12.2. The molecule has 0 fully saturated rings. The average molecular weight is 267 g/mol. The summed E-state index contributed by atoms with van der Waals surface area (Å²) in [6.07, 6.45) is 2.02. The molecule has 0 unspecified atom stereocenters. The Balaban J connectivity index is 2.50. The monoisotopic (exact) mass is 267 g/mol. The molecule has 0 bridgehead atoms. The van der Waals surface area contributed by atoms with Crippen molar-refractivity contribution in [3.8, 4) is 17.3 Å². The van der Waals surface area contributed by atoms with E-state index in [9.17, 15) is 4.79 Å². The first-order valence-electron chi connectivity index (χ1n) is 6.79. The number of hydrogen-bond donors (Lipinski definition) is 0. The van der Waals surface area contributed by atoms with Gasteiger partial charge in [-0.05, 0) is 12.5 Å². The fourth-order valence-corrected chi connectivity index (χ4v) is 2.02. The van der Waals surface area contributed by atoms with Gasteiger partial charge in [0.15, 0.2) is 0 Å². The van der Waals surface area contributed by atoms with Crippen LogP contribution in [0.4, 0.5) is 0 Å². The van der Waals surface area contributed by atoms with E-state index in [1.54, 1.807) is 6.07 Å². The van der Waals surface area contributed by atoms with Crippen LogP contribution >= 0.6 is 0 Å². The van der Waals surface area contributed by atoms with Crippen molar-refractivity contribution in [2.75, 3.05) is 0 Å². The van der Waals surface area contributed by atoms with Crippen molar-refractivity contribution >= 4 is 0 Å². The van der Waals surface area contributed by atoms with E-state index in [0.29, 0.717) is 12.1 Å². The summed E-state index contributed by atoms with van der Waals surface area (Å²) in [5, 5.41) is 13.3. The quantitative estimate of drug-likeness (QED) is 0.837. The Kier molecular flexibility index (Phi) is 4.67. The van der Waals surface area contributed by atoms with Crippen LogP contribution in [0, 0.1) is 11.3 Å². The summed E-state index contributed by atoms with van der Waals surface area (Å²) in [7, 11) is 0. The Labute approximate surface area is 118 Å². The minimum Gasteiger partial charge on any atom is -0.267 e. The summed E-state index contributed by atoms with van der Waals surface area (Å²) in [4.78, 5) is 12.2. The summed E-state index contributed by atoms with van der Waals surface area (Å²) in [6, 6.07) is 13.5. The van der Waals surface area contributed by atoms with Crippen molar-refractivity contribution in [1.29, 1.82) is 5.26 Å². The predicted octanol–water partition coefficient (Wildman–Crippen LogP) is 2.78. The SMILES string of the molecule is CCCCn1nc(-c2ccccc2)cc(CC#N)c1=O. The lowest BCUT2D eigenvalue weighted by Gasteiger charge is -2.09. The average Bonchev–Trinajstić information content (AvgIpc) is 2.49. The first-order chi connectivity index (χ1) is 9.76. The zero-order chi connectivity index (χ0) is 14.4. The van der Waals surface area contributed by atoms with Crippen LogP contribution in [0.2, 0.25) is 0 Å². The molecule has 0 spiro atoms. The molecule has 0 saturated carbocycles. The number of nitrogens with zero attached hydrogens (tertiary/aromatic N) is 3. The molecule has 0 aliphatic rings. The van der Waals surface area contributed by atoms with E-state index in [2.05, 4.69) is 12.0 Å². The van der Waals surface area contributed by atoms with Gasteiger partial charge in [-0.3, -0.25) is 4.79 Å². The summed E-state index contributed by atoms with van der Waals surface area (Å²) in [5.41, 5.74) is 2.06. The molecular formula is C16H17N3O. The molecule has 0 aliphatic carbocycles. The molecule has 2 aromatic rings. The molecule has 20 heavy (non-hydrogen) atoms. The Morgan fingerprint density at radius 1 is 1.30 bits per heavy atom. The van der Waals surface area contributed by atoms with Crippen molar-refractivity contribution in [2.45, 2.75) is 32.7 Å². The standard InChI is InChI=1S/C16H17N3O/c1-2-3-11-19-16(20)14(9-10-17)12-15(18-19)13-7-5-4-6-8-13/h4-8,12H,2-3,9,11H2,1H3. The Bertz CT molecular complexity index is 668. The smallest absolute Gasteiger partial charge is 0.267 e. The fraction of sp³-hybridized carbons (Fsp3) is 0.312. The van der Waals surface area contributed by atoms with E-state index in [-0.39, 0.29) is 12.0 Å². The lowest BCUT2D eigenvalue weighted by molar-refractivity contribution is 0.541. The van der Waals surface area contributed by atoms with E-state index in [1.165, 1.54) is 4.68 Å². The van der Waals surface area contributed by atoms with Gasteiger partial charge in [-0.25, -0.2) is 4.68 Å². The maximum Gasteiger partial charge on any atom is 0.271 e. The highest BCUT2D eigenvalue weighted by Crippen LogP contribution is 2.16. The molecule has 0 radical (unpaired) electrons. The van der Waals surface area contributed by atoms with Gasteiger partial charge in [-0.1, -0.05) is 43.7 Å². The molecule has 2 rings (SSSR count). The topological polar surface area (TPSA) is 58.7 Å². The largest absolute Gasteiger partial charge is 0.271 e. The second kappa shape index (κ2) is 6.67. The summed E-state index contributed by atoms with van der Waals surface area (Å²) in [5.74, 6) is 0. The predicted molar refractivity (Wildman–Crippen MR) is 78.2 cm³/mol. The van der Waals surface area contributed by atoms with Crippen molar-refractivity contribution in [3.63, 3.8) is 0 Å². The summed E-state index contributed by atoms with van der Waals surface area (Å²) >= 11 is 0. The Morgan fingerprint density at radius 2 is 2.05 bits per heavy atom. The van der Waals surface area contributed by atoms with Gasteiger partial charge < -0.3 is 0 Å². The molecule has 1 aromatic heterocycles. The van der Waals surface area contributed by atoms with Crippen LogP contribution < -0.4 is 5.56 Å². The molecule has 0 aliphatic heterocycles. The van der Waals surface area contributed by atoms with E-state index in [0.717, 1.165) is 24.1 Å². The number of benzene rings is 1. The van der Waals surface area contributed by atoms with Crippen molar-refractivity contribution in [2.24, 2.45) is 0 Å². The molecule has 1 aromatic carbocycles. The van der Waals surface area contributed by atoms with Crippen LogP contribution in [-0.4, -0.2) is 9.78 Å². The zero-order valence-electron chi connectivity index (χ0n) is 11.5. The Hall–Kier alpha value is -2.41. The third-order valence-corrected chi connectivity index (χ3v) is 3.11. The normalized spacial score (nSPS) is 10.2. The summed E-state index contributed by atoms with van der Waals surface area (Å²) < 4.78 is 1.48. The van der Waals surface area contributed by atoms with Gasteiger partial charge in [0.25, 0.3) is 5.56 Å². The van der Waals surface area contributed by atoms with Crippen LogP contribution in [0.25, 0.3) is 11.3 Å². The lowest BCUT2D eigenvalue weighted by atomic mass is 10.1. The highest BCUT2D eigenvalue weighted by Gasteiger charge is 2.09. The van der Waals surface area contributed by atoms with Crippen molar-refractivity contribution in [3.05, 3.63) is 52.3 Å². The first-order valence-corrected chi connectivity index (χ1v) is 6.79. The minimum atomic E-state index is -0.153. The number of hydrogen-bond acceptors (Lipinski definition) is 3. The van der Waals surface area contributed by atoms with E-state index in [1.807, 2.05) is 36.4 Å². The van der Waals surface area contributed by atoms with Gasteiger partial charge in [0.1, 0.15) is 0 Å². The van der Waals surface area contributed by atoms with Gasteiger partial charge >= 0.3 is 0 Å². The second-order valence-electron chi connectivity index (χ2n) is 4.64. The number of rotatable bonds is 5. The molecule has 4 heteroatoms. The number of aromatic nitrogens is 2. The van der Waals surface area contributed by atoms with E-state index in [4.69, 9.17) is 5.26 Å². The van der Waals surface area contributed by atoms with Crippen molar-refractivity contribution < 1.29 is 0 Å². The summed E-state index contributed by atoms with van der Waals surface area (Å²) in [6.45, 7) is 2.66. The van der Waals surface area contributed by atoms with E-state index >= 15 is 0 Å². The maximum absolute atomic E-state index is 12.2. The Morgan fingerprint density at radius 3 is 2.70 bits per heavy atom. The molecule has 4 nitrogen and oxygen atoms in total. The van der Waals surface area contributed by atoms with Crippen LogP contribution in [0.1, 0.15) is 25.3 Å². The molecule has 0 N–H and O–H groups in total. The molecule has 1 heterocycles. The molecule has 0 saturated heterocycles. The molecule has 0 atom stereocenters. The van der Waals surface area contributed by atoms with Crippen LogP contribution in [0.5, 0.6) is 0 Å². The zero-order valence-corrected chi connectivity index (χ0v) is 11.5. The van der Waals surface area contributed by atoms with Crippen molar-refractivity contribution in [1.82, 2.24) is 9.78 Å². The van der Waals surface area contributed by atoms with Gasteiger partial charge in [0, 0.05) is 17.7 Å². The van der Waals surface area contributed by atoms with Crippen LogP contribution in [0.3, 0.4) is 0 Å². The molecule has 0 amide bonds. The van der Waals surface area contributed by atoms with Crippen LogP contribution in [0.15, 0.2) is 41.2 Å².